The second-order valence-electron chi connectivity index (χ2n) is 4.89. The topological polar surface area (TPSA) is 21.3 Å². The van der Waals surface area contributed by atoms with E-state index in [-0.39, 0.29) is 0 Å². The van der Waals surface area contributed by atoms with Crippen LogP contribution in [0.5, 0.6) is 0 Å². The lowest BCUT2D eigenvalue weighted by Gasteiger charge is -2.31. The smallest absolute Gasteiger partial charge is 0.0653 e. The minimum absolute atomic E-state index is 0.345. The molecule has 0 saturated carbocycles. The van der Waals surface area contributed by atoms with Crippen molar-refractivity contribution in [2.24, 2.45) is 0 Å². The Labute approximate surface area is 129 Å². The van der Waals surface area contributed by atoms with Crippen molar-refractivity contribution in [3.8, 4) is 0 Å². The molecule has 19 heavy (non-hydrogen) atoms. The van der Waals surface area contributed by atoms with Gasteiger partial charge < -0.3 is 10.1 Å². The highest BCUT2D eigenvalue weighted by atomic mass is 35.5. The third kappa shape index (κ3) is 4.16. The molecule has 0 aliphatic carbocycles. The van der Waals surface area contributed by atoms with Gasteiger partial charge in [-0.1, -0.05) is 48.1 Å². The van der Waals surface area contributed by atoms with Crippen molar-refractivity contribution in [3.63, 3.8) is 0 Å². The van der Waals surface area contributed by atoms with Crippen LogP contribution in [0.3, 0.4) is 0 Å². The number of halogens is 3. The standard InChI is InChI=1S/C14H18Cl3NO/c1-2-3-10-6-9(4-5-19-10)18-14-8-12(16)11(15)7-13(14)17/h7-10,18H,2-6H2,1H3. The van der Waals surface area contributed by atoms with Gasteiger partial charge in [0.25, 0.3) is 0 Å². The zero-order valence-corrected chi connectivity index (χ0v) is 13.2. The Bertz CT molecular complexity index is 437. The maximum Gasteiger partial charge on any atom is 0.0653 e. The van der Waals surface area contributed by atoms with Gasteiger partial charge >= 0.3 is 0 Å². The van der Waals surface area contributed by atoms with Crippen LogP contribution in [0, 0.1) is 0 Å². The van der Waals surface area contributed by atoms with Gasteiger partial charge in [-0.05, 0) is 31.4 Å². The summed E-state index contributed by atoms with van der Waals surface area (Å²) in [5.74, 6) is 0. The summed E-state index contributed by atoms with van der Waals surface area (Å²) in [5, 5.41) is 5.05. The second kappa shape index (κ2) is 7.03. The number of nitrogens with one attached hydrogen (secondary N) is 1. The molecule has 0 aromatic heterocycles. The molecule has 2 unspecified atom stereocenters. The predicted octanol–water partition coefficient (Wildman–Crippen LogP) is 5.41. The lowest BCUT2D eigenvalue weighted by atomic mass is 10.00. The number of benzene rings is 1. The quantitative estimate of drug-likeness (QED) is 0.749. The van der Waals surface area contributed by atoms with Crippen LogP contribution in [0.25, 0.3) is 0 Å². The van der Waals surface area contributed by atoms with Crippen molar-refractivity contribution < 1.29 is 4.74 Å². The van der Waals surface area contributed by atoms with E-state index in [9.17, 15) is 0 Å². The van der Waals surface area contributed by atoms with Crippen LogP contribution < -0.4 is 5.32 Å². The van der Waals surface area contributed by atoms with Gasteiger partial charge in [0.05, 0.1) is 26.9 Å². The van der Waals surface area contributed by atoms with E-state index in [1.54, 1.807) is 12.1 Å². The summed E-state index contributed by atoms with van der Waals surface area (Å²) < 4.78 is 5.74. The highest BCUT2D eigenvalue weighted by molar-refractivity contribution is 6.44. The van der Waals surface area contributed by atoms with Gasteiger partial charge in [-0.2, -0.15) is 0 Å². The number of ether oxygens (including phenoxy) is 1. The Kier molecular flexibility index (Phi) is 5.64. The van der Waals surface area contributed by atoms with Crippen LogP contribution in [0.1, 0.15) is 32.6 Å². The van der Waals surface area contributed by atoms with Gasteiger partial charge in [-0.25, -0.2) is 0 Å². The van der Waals surface area contributed by atoms with Crippen molar-refractivity contribution in [3.05, 3.63) is 27.2 Å². The molecule has 0 spiro atoms. The SMILES string of the molecule is CCCC1CC(Nc2cc(Cl)c(Cl)cc2Cl)CCO1. The van der Waals surface area contributed by atoms with Crippen LogP contribution in [0.15, 0.2) is 12.1 Å². The van der Waals surface area contributed by atoms with Gasteiger partial charge in [0.2, 0.25) is 0 Å². The molecule has 2 atom stereocenters. The highest BCUT2D eigenvalue weighted by Gasteiger charge is 2.22. The molecular weight excluding hydrogens is 305 g/mol. The summed E-state index contributed by atoms with van der Waals surface area (Å²) in [4.78, 5) is 0. The summed E-state index contributed by atoms with van der Waals surface area (Å²) >= 11 is 18.1. The summed E-state index contributed by atoms with van der Waals surface area (Å²) in [5.41, 5.74) is 0.846. The van der Waals surface area contributed by atoms with Crippen LogP contribution in [0.4, 0.5) is 5.69 Å². The van der Waals surface area contributed by atoms with Crippen molar-refractivity contribution in [1.29, 1.82) is 0 Å². The molecule has 0 amide bonds. The first-order valence-electron chi connectivity index (χ1n) is 6.62. The summed E-state index contributed by atoms with van der Waals surface area (Å²) in [6, 6.07) is 3.84. The molecule has 0 radical (unpaired) electrons. The zero-order chi connectivity index (χ0) is 13.8. The highest BCUT2D eigenvalue weighted by Crippen LogP contribution is 2.33. The summed E-state index contributed by atoms with van der Waals surface area (Å²) in [6.45, 7) is 2.97. The predicted molar refractivity (Wildman–Crippen MR) is 82.8 cm³/mol. The van der Waals surface area contributed by atoms with E-state index in [2.05, 4.69) is 12.2 Å². The molecule has 0 bridgehead atoms. The largest absolute Gasteiger partial charge is 0.381 e. The van der Waals surface area contributed by atoms with Crippen LogP contribution in [-0.4, -0.2) is 18.8 Å². The minimum atomic E-state index is 0.345. The Morgan fingerprint density at radius 2 is 1.95 bits per heavy atom. The first-order valence-corrected chi connectivity index (χ1v) is 7.76. The Balaban J connectivity index is 2.02. The fourth-order valence-corrected chi connectivity index (χ4v) is 2.99. The van der Waals surface area contributed by atoms with Crippen molar-refractivity contribution >= 4 is 40.5 Å². The lowest BCUT2D eigenvalue weighted by Crippen LogP contribution is -2.34. The van der Waals surface area contributed by atoms with Gasteiger partial charge in [0.15, 0.2) is 0 Å². The fraction of sp³-hybridized carbons (Fsp3) is 0.571. The average Bonchev–Trinajstić information content (AvgIpc) is 2.37. The molecule has 2 rings (SSSR count). The minimum Gasteiger partial charge on any atom is -0.381 e. The van der Waals surface area contributed by atoms with E-state index in [4.69, 9.17) is 39.5 Å². The number of hydrogen-bond donors (Lipinski definition) is 1. The molecule has 5 heteroatoms. The number of hydrogen-bond acceptors (Lipinski definition) is 2. The molecule has 106 valence electrons. The van der Waals surface area contributed by atoms with Crippen molar-refractivity contribution in [1.82, 2.24) is 0 Å². The van der Waals surface area contributed by atoms with Gasteiger partial charge in [0.1, 0.15) is 0 Å². The third-order valence-electron chi connectivity index (χ3n) is 3.35. The van der Waals surface area contributed by atoms with E-state index in [0.29, 0.717) is 27.2 Å². The molecule has 1 aliphatic rings. The zero-order valence-electron chi connectivity index (χ0n) is 10.9. The monoisotopic (exact) mass is 321 g/mol. The number of anilines is 1. The second-order valence-corrected chi connectivity index (χ2v) is 6.11. The van der Waals surface area contributed by atoms with Gasteiger partial charge in [-0.15, -0.1) is 0 Å². The fourth-order valence-electron chi connectivity index (χ4n) is 2.39. The van der Waals surface area contributed by atoms with Crippen LogP contribution >= 0.6 is 34.8 Å². The van der Waals surface area contributed by atoms with E-state index >= 15 is 0 Å². The lowest BCUT2D eigenvalue weighted by molar-refractivity contribution is 0.00598. The molecular formula is C14H18Cl3NO. The Morgan fingerprint density at radius 3 is 2.68 bits per heavy atom. The van der Waals surface area contributed by atoms with Crippen molar-refractivity contribution in [2.45, 2.75) is 44.8 Å². The first kappa shape index (κ1) is 15.2. The van der Waals surface area contributed by atoms with Crippen LogP contribution in [-0.2, 0) is 4.74 Å². The third-order valence-corrected chi connectivity index (χ3v) is 4.38. The first-order chi connectivity index (χ1) is 9.10. The molecule has 1 aliphatic heterocycles. The molecule has 1 fully saturated rings. The van der Waals surface area contributed by atoms with Crippen molar-refractivity contribution in [2.75, 3.05) is 11.9 Å². The molecule has 1 aromatic rings. The maximum atomic E-state index is 6.18. The Hall–Kier alpha value is -0.150. The van der Waals surface area contributed by atoms with E-state index in [1.807, 2.05) is 0 Å². The summed E-state index contributed by atoms with van der Waals surface area (Å²) in [7, 11) is 0. The van der Waals surface area contributed by atoms with E-state index in [1.165, 1.54) is 0 Å². The number of rotatable bonds is 4. The Morgan fingerprint density at radius 1 is 1.21 bits per heavy atom. The summed E-state index contributed by atoms with van der Waals surface area (Å²) in [6.07, 6.45) is 4.58. The van der Waals surface area contributed by atoms with Crippen LogP contribution in [0.2, 0.25) is 15.1 Å². The molecule has 2 nitrogen and oxygen atoms in total. The molecule has 1 N–H and O–H groups in total. The molecule has 1 saturated heterocycles. The molecule has 1 heterocycles. The van der Waals surface area contributed by atoms with E-state index < -0.39 is 0 Å². The van der Waals surface area contributed by atoms with Gasteiger partial charge in [-0.3, -0.25) is 0 Å². The average molecular weight is 323 g/mol. The van der Waals surface area contributed by atoms with Gasteiger partial charge in [0, 0.05) is 12.6 Å². The normalized spacial score (nSPS) is 23.4. The molecule has 1 aromatic carbocycles. The van der Waals surface area contributed by atoms with E-state index in [0.717, 1.165) is 38.0 Å². The maximum absolute atomic E-state index is 6.18.